The van der Waals surface area contributed by atoms with Gasteiger partial charge in [0.25, 0.3) is 0 Å². The highest BCUT2D eigenvalue weighted by Crippen LogP contribution is 2.42. The van der Waals surface area contributed by atoms with Gasteiger partial charge in [0.15, 0.2) is 0 Å². The molecular weight excluding hydrogens is 280 g/mol. The smallest absolute Gasteiger partial charge is 0.0645 e. The van der Waals surface area contributed by atoms with E-state index in [0.29, 0.717) is 11.1 Å². The third kappa shape index (κ3) is 1.81. The van der Waals surface area contributed by atoms with Gasteiger partial charge in [-0.1, -0.05) is 90.1 Å². The Bertz CT molecular complexity index is 635. The van der Waals surface area contributed by atoms with Gasteiger partial charge in [0, 0.05) is 5.41 Å². The van der Waals surface area contributed by atoms with Gasteiger partial charge in [0.05, 0.1) is 0 Å². The molecule has 2 aromatic carbocycles. The van der Waals surface area contributed by atoms with Crippen LogP contribution in [0.1, 0.15) is 52.7 Å². The van der Waals surface area contributed by atoms with Crippen LogP contribution in [0.5, 0.6) is 0 Å². The van der Waals surface area contributed by atoms with Gasteiger partial charge in [-0.05, 0) is 32.6 Å². The molecular formula is C21H28Si. The summed E-state index contributed by atoms with van der Waals surface area (Å²) >= 11 is 0. The minimum Gasteiger partial charge on any atom is -0.0645 e. The zero-order chi connectivity index (χ0) is 16.1. The van der Waals surface area contributed by atoms with E-state index in [1.54, 1.807) is 21.5 Å². The van der Waals surface area contributed by atoms with E-state index >= 15 is 0 Å². The van der Waals surface area contributed by atoms with Crippen LogP contribution in [-0.2, 0) is 5.41 Å². The van der Waals surface area contributed by atoms with Crippen molar-refractivity contribution in [3.8, 4) is 0 Å². The van der Waals surface area contributed by atoms with E-state index in [0.717, 1.165) is 0 Å². The lowest BCUT2D eigenvalue weighted by Gasteiger charge is -2.50. The molecule has 0 aliphatic carbocycles. The minimum atomic E-state index is -1.77. The average molecular weight is 309 g/mol. The van der Waals surface area contributed by atoms with Crippen molar-refractivity contribution in [2.24, 2.45) is 0 Å². The van der Waals surface area contributed by atoms with Gasteiger partial charge in [0.1, 0.15) is 8.07 Å². The molecule has 0 saturated carbocycles. The summed E-state index contributed by atoms with van der Waals surface area (Å²) in [4.78, 5) is 0. The zero-order valence-electron chi connectivity index (χ0n) is 14.8. The molecule has 0 amide bonds. The molecule has 0 nitrogen and oxygen atoms in total. The molecule has 0 radical (unpaired) electrons. The van der Waals surface area contributed by atoms with E-state index in [-0.39, 0.29) is 5.41 Å². The molecule has 0 spiro atoms. The van der Waals surface area contributed by atoms with Crippen molar-refractivity contribution >= 4 is 18.4 Å². The summed E-state index contributed by atoms with van der Waals surface area (Å²) in [5.74, 6) is 0. The Balaban J connectivity index is 2.48. The molecule has 0 atom stereocenters. The lowest BCUT2D eigenvalue weighted by molar-refractivity contribution is 0.642. The molecule has 22 heavy (non-hydrogen) atoms. The Kier molecular flexibility index (Phi) is 3.60. The number of rotatable bonds is 2. The fraction of sp³-hybridized carbons (Fsp3) is 0.429. The number of hydrogen-bond donors (Lipinski definition) is 0. The van der Waals surface area contributed by atoms with Crippen LogP contribution in [0.3, 0.4) is 0 Å². The average Bonchev–Trinajstić information content (AvgIpc) is 2.47. The van der Waals surface area contributed by atoms with Gasteiger partial charge < -0.3 is 0 Å². The van der Waals surface area contributed by atoms with E-state index in [9.17, 15) is 0 Å². The Hall–Kier alpha value is -1.34. The monoisotopic (exact) mass is 308 g/mol. The summed E-state index contributed by atoms with van der Waals surface area (Å²) in [6.07, 6.45) is 0. The first-order valence-electron chi connectivity index (χ1n) is 8.54. The van der Waals surface area contributed by atoms with Crippen molar-refractivity contribution in [3.63, 3.8) is 0 Å². The normalized spacial score (nSPS) is 18.2. The summed E-state index contributed by atoms with van der Waals surface area (Å²) in [7, 11) is -1.77. The molecule has 1 aliphatic heterocycles. The lowest BCUT2D eigenvalue weighted by atomic mass is 9.77. The Morgan fingerprint density at radius 3 is 1.41 bits per heavy atom. The molecule has 0 unspecified atom stereocenters. The number of fused-ring (bicyclic) bond motifs is 2. The highest BCUT2D eigenvalue weighted by atomic mass is 28.3. The van der Waals surface area contributed by atoms with Crippen LogP contribution in [-0.4, -0.2) is 8.07 Å². The van der Waals surface area contributed by atoms with E-state index in [4.69, 9.17) is 0 Å². The fourth-order valence-corrected chi connectivity index (χ4v) is 11.5. The second-order valence-corrected chi connectivity index (χ2v) is 13.0. The Labute approximate surface area is 136 Å². The molecule has 116 valence electrons. The summed E-state index contributed by atoms with van der Waals surface area (Å²) in [5.41, 5.74) is 4.62. The molecule has 2 aromatic rings. The van der Waals surface area contributed by atoms with Crippen molar-refractivity contribution < 1.29 is 0 Å². The van der Waals surface area contributed by atoms with Gasteiger partial charge in [-0.25, -0.2) is 0 Å². The largest absolute Gasteiger partial charge is 0.123 e. The SMILES string of the molecule is CC(C)[Si]1(C(C)C)c2ccccc2C(C)(C)c2ccccc21. The molecule has 0 saturated heterocycles. The van der Waals surface area contributed by atoms with Gasteiger partial charge in [-0.2, -0.15) is 0 Å². The molecule has 3 rings (SSSR count). The van der Waals surface area contributed by atoms with Crippen molar-refractivity contribution in [2.75, 3.05) is 0 Å². The molecule has 0 N–H and O–H groups in total. The quantitative estimate of drug-likeness (QED) is 0.705. The molecule has 1 heteroatoms. The van der Waals surface area contributed by atoms with Crippen LogP contribution in [0, 0.1) is 0 Å². The first-order chi connectivity index (χ1) is 10.3. The van der Waals surface area contributed by atoms with Crippen LogP contribution >= 0.6 is 0 Å². The minimum absolute atomic E-state index is 0.105. The Morgan fingerprint density at radius 2 is 1.05 bits per heavy atom. The molecule has 0 bridgehead atoms. The first kappa shape index (κ1) is 15.5. The maximum absolute atomic E-state index is 2.44. The van der Waals surface area contributed by atoms with Crippen molar-refractivity contribution in [1.82, 2.24) is 0 Å². The van der Waals surface area contributed by atoms with Gasteiger partial charge in [0.2, 0.25) is 0 Å². The third-order valence-electron chi connectivity index (χ3n) is 5.91. The summed E-state index contributed by atoms with van der Waals surface area (Å²) in [6, 6.07) is 18.5. The molecule has 0 fully saturated rings. The molecule has 1 heterocycles. The summed E-state index contributed by atoms with van der Waals surface area (Å²) < 4.78 is 0. The van der Waals surface area contributed by atoms with Crippen molar-refractivity contribution in [1.29, 1.82) is 0 Å². The summed E-state index contributed by atoms with van der Waals surface area (Å²) in [5, 5.41) is 3.34. The summed E-state index contributed by atoms with van der Waals surface area (Å²) in [6.45, 7) is 14.6. The Morgan fingerprint density at radius 1 is 0.682 bits per heavy atom. The van der Waals surface area contributed by atoms with E-state index in [2.05, 4.69) is 90.1 Å². The van der Waals surface area contributed by atoms with Crippen molar-refractivity contribution in [2.45, 2.75) is 58.0 Å². The molecule has 0 aromatic heterocycles. The van der Waals surface area contributed by atoms with Crippen LogP contribution in [0.25, 0.3) is 0 Å². The van der Waals surface area contributed by atoms with E-state index < -0.39 is 8.07 Å². The predicted molar refractivity (Wildman–Crippen MR) is 100 cm³/mol. The topological polar surface area (TPSA) is 0 Å². The van der Waals surface area contributed by atoms with Gasteiger partial charge in [-0.15, -0.1) is 0 Å². The highest BCUT2D eigenvalue weighted by Gasteiger charge is 2.51. The third-order valence-corrected chi connectivity index (χ3v) is 12.2. The zero-order valence-corrected chi connectivity index (χ0v) is 15.8. The van der Waals surface area contributed by atoms with Crippen LogP contribution in [0.4, 0.5) is 0 Å². The second-order valence-electron chi connectivity index (χ2n) is 7.89. The van der Waals surface area contributed by atoms with Crippen LogP contribution in [0.15, 0.2) is 48.5 Å². The van der Waals surface area contributed by atoms with Gasteiger partial charge >= 0.3 is 0 Å². The van der Waals surface area contributed by atoms with Gasteiger partial charge in [-0.3, -0.25) is 0 Å². The first-order valence-corrected chi connectivity index (χ1v) is 10.7. The van der Waals surface area contributed by atoms with Crippen LogP contribution < -0.4 is 10.4 Å². The predicted octanol–water partition coefficient (Wildman–Crippen LogP) is 4.71. The highest BCUT2D eigenvalue weighted by molar-refractivity contribution is 7.05. The number of benzene rings is 2. The fourth-order valence-electron chi connectivity index (χ4n) is 4.98. The van der Waals surface area contributed by atoms with Crippen LogP contribution in [0.2, 0.25) is 11.1 Å². The van der Waals surface area contributed by atoms with E-state index in [1.165, 1.54) is 0 Å². The maximum Gasteiger partial charge on any atom is 0.123 e. The van der Waals surface area contributed by atoms with Crippen molar-refractivity contribution in [3.05, 3.63) is 59.7 Å². The standard InChI is InChI=1S/C21H28Si/c1-15(2)22(16(3)4)19-13-9-7-11-17(19)21(5,6)18-12-8-10-14-20(18)22/h7-16H,1-6H3. The second kappa shape index (κ2) is 5.09. The number of hydrogen-bond acceptors (Lipinski definition) is 0. The lowest BCUT2D eigenvalue weighted by Crippen LogP contribution is -2.69. The maximum atomic E-state index is 2.44. The molecule has 1 aliphatic rings. The van der Waals surface area contributed by atoms with E-state index in [1.807, 2.05) is 0 Å².